The van der Waals surface area contributed by atoms with Gasteiger partial charge in [0.1, 0.15) is 23.4 Å². The first-order valence-corrected chi connectivity index (χ1v) is 10.4. The molecule has 1 aliphatic rings. The van der Waals surface area contributed by atoms with Gasteiger partial charge in [-0.05, 0) is 48.5 Å². The molecule has 0 radical (unpaired) electrons. The van der Waals surface area contributed by atoms with E-state index in [1.54, 1.807) is 0 Å². The normalized spacial score (nSPS) is 17.4. The zero-order valence-corrected chi connectivity index (χ0v) is 16.8. The van der Waals surface area contributed by atoms with Gasteiger partial charge in [0.2, 0.25) is 15.9 Å². The topological polar surface area (TPSA) is 116 Å². The standard InChI is InChI=1S/C19H20FN3O6S/c1-13(24)22-10-11-23(18(12-22)19(25)21-26)30(27,28)17-8-6-16(7-9-17)29-15-4-2-14(20)3-5-15/h2-9,18,26H,10-12H2,1H3,(H,21,25). The van der Waals surface area contributed by atoms with Crippen molar-refractivity contribution in [2.24, 2.45) is 0 Å². The van der Waals surface area contributed by atoms with Crippen molar-refractivity contribution in [3.8, 4) is 11.5 Å². The molecule has 0 bridgehead atoms. The highest BCUT2D eigenvalue weighted by Crippen LogP contribution is 2.26. The molecule has 1 saturated heterocycles. The van der Waals surface area contributed by atoms with Crippen molar-refractivity contribution in [1.82, 2.24) is 14.7 Å². The molecule has 11 heteroatoms. The quantitative estimate of drug-likeness (QED) is 0.539. The number of ether oxygens (including phenoxy) is 1. The number of sulfonamides is 1. The molecule has 1 fully saturated rings. The van der Waals surface area contributed by atoms with Gasteiger partial charge in [0, 0.05) is 26.6 Å². The van der Waals surface area contributed by atoms with Gasteiger partial charge in [-0.15, -0.1) is 0 Å². The number of amides is 2. The SMILES string of the molecule is CC(=O)N1CCN(S(=O)(=O)c2ccc(Oc3ccc(F)cc3)cc2)C(C(=O)NO)C1. The predicted octanol–water partition coefficient (Wildman–Crippen LogP) is 1.34. The van der Waals surface area contributed by atoms with Crippen LogP contribution in [0.1, 0.15) is 6.92 Å². The summed E-state index contributed by atoms with van der Waals surface area (Å²) >= 11 is 0. The fourth-order valence-corrected chi connectivity index (χ4v) is 4.65. The molecule has 1 heterocycles. The van der Waals surface area contributed by atoms with E-state index in [1.165, 1.54) is 65.8 Å². The number of hydrogen-bond donors (Lipinski definition) is 2. The van der Waals surface area contributed by atoms with Crippen LogP contribution in [0.4, 0.5) is 4.39 Å². The molecular weight excluding hydrogens is 417 g/mol. The van der Waals surface area contributed by atoms with Gasteiger partial charge in [-0.25, -0.2) is 18.3 Å². The summed E-state index contributed by atoms with van der Waals surface area (Å²) in [7, 11) is -4.09. The van der Waals surface area contributed by atoms with Crippen molar-refractivity contribution in [1.29, 1.82) is 0 Å². The van der Waals surface area contributed by atoms with Crippen LogP contribution in [0.25, 0.3) is 0 Å². The van der Waals surface area contributed by atoms with Gasteiger partial charge in [0.05, 0.1) is 4.90 Å². The summed E-state index contributed by atoms with van der Waals surface area (Å²) in [4.78, 5) is 24.9. The summed E-state index contributed by atoms with van der Waals surface area (Å²) in [5.74, 6) is -0.917. The Kier molecular flexibility index (Phi) is 6.34. The Labute approximate surface area is 172 Å². The van der Waals surface area contributed by atoms with Crippen molar-refractivity contribution in [2.45, 2.75) is 17.9 Å². The molecule has 2 amide bonds. The first kappa shape index (κ1) is 21.7. The third-order valence-corrected chi connectivity index (χ3v) is 6.59. The maximum atomic E-state index is 13.1. The molecular formula is C19H20FN3O6S. The second kappa shape index (κ2) is 8.78. The third kappa shape index (κ3) is 4.58. The minimum absolute atomic E-state index is 0.0824. The minimum Gasteiger partial charge on any atom is -0.457 e. The van der Waals surface area contributed by atoms with Crippen molar-refractivity contribution >= 4 is 21.8 Å². The van der Waals surface area contributed by atoms with Gasteiger partial charge in [-0.1, -0.05) is 0 Å². The number of carbonyl (C=O) groups is 2. The number of carbonyl (C=O) groups excluding carboxylic acids is 2. The zero-order chi connectivity index (χ0) is 21.9. The molecule has 2 N–H and O–H groups in total. The van der Waals surface area contributed by atoms with Crippen LogP contribution in [-0.2, 0) is 19.6 Å². The fourth-order valence-electron chi connectivity index (χ4n) is 3.08. The van der Waals surface area contributed by atoms with Gasteiger partial charge >= 0.3 is 0 Å². The Morgan fingerprint density at radius 1 is 1.07 bits per heavy atom. The number of benzene rings is 2. The number of nitrogens with zero attached hydrogens (tertiary/aromatic N) is 2. The van der Waals surface area contributed by atoms with E-state index in [4.69, 9.17) is 9.94 Å². The number of nitrogens with one attached hydrogen (secondary N) is 1. The van der Waals surface area contributed by atoms with Gasteiger partial charge in [-0.3, -0.25) is 14.8 Å². The number of rotatable bonds is 5. The molecule has 160 valence electrons. The van der Waals surface area contributed by atoms with E-state index in [0.29, 0.717) is 11.5 Å². The van der Waals surface area contributed by atoms with Crippen LogP contribution in [0.5, 0.6) is 11.5 Å². The fraction of sp³-hybridized carbons (Fsp3) is 0.263. The second-order valence-corrected chi connectivity index (χ2v) is 8.49. The highest BCUT2D eigenvalue weighted by Gasteiger charge is 2.40. The smallest absolute Gasteiger partial charge is 0.263 e. The number of hydroxylamine groups is 1. The summed E-state index contributed by atoms with van der Waals surface area (Å²) in [5, 5.41) is 9.00. The van der Waals surface area contributed by atoms with Crippen molar-refractivity contribution in [2.75, 3.05) is 19.6 Å². The average molecular weight is 437 g/mol. The van der Waals surface area contributed by atoms with Crippen LogP contribution in [0, 0.1) is 5.82 Å². The zero-order valence-electron chi connectivity index (χ0n) is 16.0. The highest BCUT2D eigenvalue weighted by molar-refractivity contribution is 7.89. The molecule has 0 aromatic heterocycles. The largest absolute Gasteiger partial charge is 0.457 e. The molecule has 2 aromatic carbocycles. The minimum atomic E-state index is -4.09. The molecule has 30 heavy (non-hydrogen) atoms. The number of piperazine rings is 1. The second-order valence-electron chi connectivity index (χ2n) is 6.60. The van der Waals surface area contributed by atoms with Gasteiger partial charge in [0.15, 0.2) is 0 Å². The van der Waals surface area contributed by atoms with Crippen LogP contribution in [0.15, 0.2) is 53.4 Å². The van der Waals surface area contributed by atoms with Crippen LogP contribution in [0.3, 0.4) is 0 Å². The van der Waals surface area contributed by atoms with Crippen LogP contribution in [0.2, 0.25) is 0 Å². The molecule has 0 spiro atoms. The van der Waals surface area contributed by atoms with E-state index in [-0.39, 0.29) is 30.4 Å². The summed E-state index contributed by atoms with van der Waals surface area (Å²) in [6.07, 6.45) is 0. The lowest BCUT2D eigenvalue weighted by Gasteiger charge is -2.38. The lowest BCUT2D eigenvalue weighted by molar-refractivity contribution is -0.138. The van der Waals surface area contributed by atoms with Crippen LogP contribution in [-0.4, -0.2) is 60.3 Å². The number of halogens is 1. The Bertz CT molecular complexity index is 1030. The predicted molar refractivity (Wildman–Crippen MR) is 103 cm³/mol. The summed E-state index contributed by atoms with van der Waals surface area (Å²) in [6, 6.07) is 9.58. The van der Waals surface area contributed by atoms with Crippen molar-refractivity contribution < 1.29 is 32.3 Å². The maximum Gasteiger partial charge on any atom is 0.263 e. The Hall–Kier alpha value is -3.02. The third-order valence-electron chi connectivity index (χ3n) is 4.67. The summed E-state index contributed by atoms with van der Waals surface area (Å²) in [6.45, 7) is 1.16. The molecule has 2 aromatic rings. The molecule has 9 nitrogen and oxygen atoms in total. The molecule has 1 unspecified atom stereocenters. The van der Waals surface area contributed by atoms with E-state index >= 15 is 0 Å². The lowest BCUT2D eigenvalue weighted by atomic mass is 10.2. The van der Waals surface area contributed by atoms with Gasteiger partial charge < -0.3 is 9.64 Å². The van der Waals surface area contributed by atoms with Crippen molar-refractivity contribution in [3.63, 3.8) is 0 Å². The van der Waals surface area contributed by atoms with E-state index in [2.05, 4.69) is 0 Å². The van der Waals surface area contributed by atoms with Crippen molar-refractivity contribution in [3.05, 3.63) is 54.3 Å². The molecule has 1 aliphatic heterocycles. The lowest BCUT2D eigenvalue weighted by Crippen LogP contribution is -2.60. The summed E-state index contributed by atoms with van der Waals surface area (Å²) in [5.41, 5.74) is 1.46. The van der Waals surface area contributed by atoms with E-state index in [1.807, 2.05) is 0 Å². The Morgan fingerprint density at radius 2 is 1.63 bits per heavy atom. The van der Waals surface area contributed by atoms with Crippen LogP contribution < -0.4 is 10.2 Å². The van der Waals surface area contributed by atoms with Crippen LogP contribution >= 0.6 is 0 Å². The molecule has 0 saturated carbocycles. The summed E-state index contributed by atoms with van der Waals surface area (Å²) < 4.78 is 45.6. The average Bonchev–Trinajstić information content (AvgIpc) is 2.74. The molecule has 1 atom stereocenters. The number of hydrogen-bond acceptors (Lipinski definition) is 6. The monoisotopic (exact) mass is 437 g/mol. The van der Waals surface area contributed by atoms with E-state index in [0.717, 1.165) is 4.31 Å². The molecule has 3 rings (SSSR count). The van der Waals surface area contributed by atoms with Gasteiger partial charge in [0.25, 0.3) is 5.91 Å². The first-order chi connectivity index (χ1) is 14.2. The van der Waals surface area contributed by atoms with E-state index in [9.17, 15) is 22.4 Å². The van der Waals surface area contributed by atoms with E-state index < -0.39 is 27.8 Å². The highest BCUT2D eigenvalue weighted by atomic mass is 32.2. The Balaban J connectivity index is 1.81. The maximum absolute atomic E-state index is 13.1. The first-order valence-electron chi connectivity index (χ1n) is 8.97. The molecule has 0 aliphatic carbocycles. The Morgan fingerprint density at radius 3 is 2.17 bits per heavy atom. The van der Waals surface area contributed by atoms with Gasteiger partial charge in [-0.2, -0.15) is 4.31 Å².